The molecule has 1 saturated carbocycles. The zero-order valence-electron chi connectivity index (χ0n) is 12.4. The third-order valence-corrected chi connectivity index (χ3v) is 5.35. The molecule has 1 unspecified atom stereocenters. The van der Waals surface area contributed by atoms with Gasteiger partial charge in [-0.1, -0.05) is 17.7 Å². The summed E-state index contributed by atoms with van der Waals surface area (Å²) in [6.45, 7) is 0.250. The molecule has 1 fully saturated rings. The molecule has 1 aliphatic carbocycles. The van der Waals surface area contributed by atoms with Crippen LogP contribution in [0.4, 0.5) is 0 Å². The fraction of sp³-hybridized carbons (Fsp3) is 0.438. The molecule has 0 bridgehead atoms. The number of imidazole rings is 1. The van der Waals surface area contributed by atoms with Crippen LogP contribution in [0.15, 0.2) is 30.9 Å². The monoisotopic (exact) mass is 350 g/mol. The van der Waals surface area contributed by atoms with Gasteiger partial charge in [-0.25, -0.2) is 9.97 Å². The number of hydrogen-bond acceptors (Lipinski definition) is 4. The minimum Gasteiger partial charge on any atom is -0.386 e. The van der Waals surface area contributed by atoms with Crippen LogP contribution in [0.3, 0.4) is 0 Å². The first-order chi connectivity index (χ1) is 11.0. The predicted molar refractivity (Wildman–Crippen MR) is 87.3 cm³/mol. The molecule has 1 N–H and O–H groups in total. The Morgan fingerprint density at radius 1 is 1.39 bits per heavy atom. The summed E-state index contributed by atoms with van der Waals surface area (Å²) in [6, 6.07) is 5.69. The number of alkyl halides is 1. The summed E-state index contributed by atoms with van der Waals surface area (Å²) in [5.41, 5.74) is 0.290. The highest BCUT2D eigenvalue weighted by Gasteiger charge is 2.57. The van der Waals surface area contributed by atoms with Crippen molar-refractivity contribution in [1.29, 1.82) is 5.26 Å². The van der Waals surface area contributed by atoms with Crippen LogP contribution in [-0.2, 0) is 13.0 Å². The van der Waals surface area contributed by atoms with Crippen LogP contribution in [0.5, 0.6) is 0 Å². The Kier molecular flexibility index (Phi) is 4.33. The molecule has 2 aromatic rings. The van der Waals surface area contributed by atoms with Crippen LogP contribution >= 0.6 is 23.2 Å². The first-order valence-electron chi connectivity index (χ1n) is 7.38. The maximum atomic E-state index is 11.2. The number of aromatic nitrogens is 3. The lowest BCUT2D eigenvalue weighted by atomic mass is 9.89. The molecule has 2 heterocycles. The van der Waals surface area contributed by atoms with Gasteiger partial charge in [-0.05, 0) is 37.3 Å². The quantitative estimate of drug-likeness (QED) is 0.641. The van der Waals surface area contributed by atoms with Gasteiger partial charge in [-0.2, -0.15) is 5.26 Å². The normalized spacial score (nSPS) is 18.2. The van der Waals surface area contributed by atoms with Gasteiger partial charge in [0.2, 0.25) is 0 Å². The molecule has 0 saturated heterocycles. The lowest BCUT2D eigenvalue weighted by Gasteiger charge is -2.33. The zero-order valence-corrected chi connectivity index (χ0v) is 13.9. The first-order valence-corrected chi connectivity index (χ1v) is 8.13. The largest absolute Gasteiger partial charge is 0.386 e. The first kappa shape index (κ1) is 16.3. The van der Waals surface area contributed by atoms with E-state index >= 15 is 0 Å². The van der Waals surface area contributed by atoms with Crippen LogP contribution in [0.1, 0.15) is 30.5 Å². The number of aliphatic hydroxyl groups is 1. The van der Waals surface area contributed by atoms with Crippen LogP contribution < -0.4 is 0 Å². The van der Waals surface area contributed by atoms with Gasteiger partial charge in [0, 0.05) is 6.20 Å². The highest BCUT2D eigenvalue weighted by Crippen LogP contribution is 2.53. The summed E-state index contributed by atoms with van der Waals surface area (Å²) >= 11 is 12.3. The summed E-state index contributed by atoms with van der Waals surface area (Å²) in [5, 5.41) is 20.7. The topological polar surface area (TPSA) is 74.7 Å². The van der Waals surface area contributed by atoms with Crippen molar-refractivity contribution in [3.05, 3.63) is 47.3 Å². The molecule has 0 aromatic carbocycles. The van der Waals surface area contributed by atoms with Crippen molar-refractivity contribution in [2.24, 2.45) is 0 Å². The second-order valence-corrected chi connectivity index (χ2v) is 7.12. The van der Waals surface area contributed by atoms with E-state index in [1.54, 1.807) is 23.2 Å². The molecule has 120 valence electrons. The van der Waals surface area contributed by atoms with E-state index in [-0.39, 0.29) is 6.54 Å². The number of halogens is 2. The molecule has 1 atom stereocenters. The van der Waals surface area contributed by atoms with E-state index in [1.165, 1.54) is 6.20 Å². The molecule has 0 radical (unpaired) electrons. The minimum absolute atomic E-state index is 0.250. The smallest absolute Gasteiger partial charge is 0.139 e. The molecular weight excluding hydrogens is 335 g/mol. The highest BCUT2D eigenvalue weighted by molar-refractivity contribution is 6.29. The number of rotatable bonds is 6. The SMILES string of the molecule is N#Cc1cncn1CC(O)(CCc1ccc(Cl)nc1)C1(Cl)CC1. The average Bonchev–Trinajstić information content (AvgIpc) is 3.15. The number of aryl methyl sites for hydroxylation is 1. The number of pyridine rings is 1. The third kappa shape index (κ3) is 3.35. The Morgan fingerprint density at radius 2 is 2.17 bits per heavy atom. The van der Waals surface area contributed by atoms with Crippen molar-refractivity contribution < 1.29 is 5.11 Å². The second kappa shape index (κ2) is 6.12. The van der Waals surface area contributed by atoms with Gasteiger partial charge in [0.15, 0.2) is 0 Å². The van der Waals surface area contributed by atoms with Crippen LogP contribution in [0, 0.1) is 11.3 Å². The fourth-order valence-corrected chi connectivity index (χ4v) is 3.11. The number of nitrogens with zero attached hydrogens (tertiary/aromatic N) is 4. The predicted octanol–water partition coefficient (Wildman–Crippen LogP) is 2.94. The van der Waals surface area contributed by atoms with E-state index in [0.29, 0.717) is 23.7 Å². The number of nitriles is 1. The van der Waals surface area contributed by atoms with E-state index < -0.39 is 10.5 Å². The molecule has 3 rings (SSSR count). The van der Waals surface area contributed by atoms with Crippen molar-refractivity contribution >= 4 is 23.2 Å². The molecule has 0 aliphatic heterocycles. The highest BCUT2D eigenvalue weighted by atomic mass is 35.5. The van der Waals surface area contributed by atoms with Gasteiger partial charge in [0.25, 0.3) is 0 Å². The molecule has 7 heteroatoms. The van der Waals surface area contributed by atoms with E-state index in [4.69, 9.17) is 28.5 Å². The van der Waals surface area contributed by atoms with E-state index in [9.17, 15) is 5.11 Å². The number of hydrogen-bond donors (Lipinski definition) is 1. The Hall–Kier alpha value is -1.61. The molecule has 0 amide bonds. The average molecular weight is 351 g/mol. The van der Waals surface area contributed by atoms with E-state index in [1.807, 2.05) is 6.07 Å². The third-order valence-electron chi connectivity index (χ3n) is 4.40. The Bertz CT molecular complexity index is 733. The molecule has 2 aromatic heterocycles. The van der Waals surface area contributed by atoms with Crippen LogP contribution in [-0.4, -0.2) is 30.1 Å². The summed E-state index contributed by atoms with van der Waals surface area (Å²) in [7, 11) is 0. The van der Waals surface area contributed by atoms with Gasteiger partial charge in [-0.3, -0.25) is 0 Å². The summed E-state index contributed by atoms with van der Waals surface area (Å²) in [4.78, 5) is 7.39. The van der Waals surface area contributed by atoms with Gasteiger partial charge in [-0.15, -0.1) is 11.6 Å². The Labute approximate surface area is 144 Å². The Morgan fingerprint density at radius 3 is 2.78 bits per heavy atom. The van der Waals surface area contributed by atoms with Crippen molar-refractivity contribution in [1.82, 2.24) is 14.5 Å². The van der Waals surface area contributed by atoms with Crippen molar-refractivity contribution in [3.63, 3.8) is 0 Å². The van der Waals surface area contributed by atoms with Gasteiger partial charge < -0.3 is 9.67 Å². The molecular formula is C16H16Cl2N4O. The molecule has 1 aliphatic rings. The fourth-order valence-electron chi connectivity index (χ4n) is 2.75. The maximum absolute atomic E-state index is 11.2. The van der Waals surface area contributed by atoms with E-state index in [2.05, 4.69) is 16.0 Å². The second-order valence-electron chi connectivity index (χ2n) is 6.00. The molecule has 5 nitrogen and oxygen atoms in total. The van der Waals surface area contributed by atoms with E-state index in [0.717, 1.165) is 18.4 Å². The van der Waals surface area contributed by atoms with Gasteiger partial charge in [0.1, 0.15) is 22.5 Å². The van der Waals surface area contributed by atoms with Gasteiger partial charge in [0.05, 0.1) is 23.9 Å². The maximum Gasteiger partial charge on any atom is 0.139 e. The summed E-state index contributed by atoms with van der Waals surface area (Å²) in [5.74, 6) is 0. The molecule has 23 heavy (non-hydrogen) atoms. The lowest BCUT2D eigenvalue weighted by Crippen LogP contribution is -2.45. The van der Waals surface area contributed by atoms with Crippen LogP contribution in [0.25, 0.3) is 0 Å². The molecule has 0 spiro atoms. The van der Waals surface area contributed by atoms with Crippen LogP contribution in [0.2, 0.25) is 5.15 Å². The minimum atomic E-state index is -1.11. The zero-order chi connectivity index (χ0) is 16.5. The summed E-state index contributed by atoms with van der Waals surface area (Å²) < 4.78 is 1.66. The van der Waals surface area contributed by atoms with Crippen molar-refractivity contribution in [3.8, 4) is 6.07 Å². The standard InChI is InChI=1S/C16H16Cl2N4O/c17-14-2-1-12(8-21-14)3-4-16(23,15(18)5-6-15)10-22-11-20-9-13(22)7-19/h1-2,8-9,11,23H,3-6,10H2. The summed E-state index contributed by atoms with van der Waals surface area (Å²) in [6.07, 6.45) is 7.37. The van der Waals surface area contributed by atoms with Crippen molar-refractivity contribution in [2.45, 2.75) is 42.7 Å². The lowest BCUT2D eigenvalue weighted by molar-refractivity contribution is 0.00246. The van der Waals surface area contributed by atoms with Gasteiger partial charge >= 0.3 is 0 Å². The van der Waals surface area contributed by atoms with Crippen molar-refractivity contribution in [2.75, 3.05) is 0 Å². The Balaban J connectivity index is 1.77.